The van der Waals surface area contributed by atoms with Crippen molar-refractivity contribution in [3.05, 3.63) is 30.1 Å². The Hall–Kier alpha value is -1.62. The van der Waals surface area contributed by atoms with Crippen molar-refractivity contribution in [2.75, 3.05) is 13.6 Å². The molecule has 0 aliphatic rings. The summed E-state index contributed by atoms with van der Waals surface area (Å²) >= 11 is 0. The molecule has 1 heterocycles. The highest BCUT2D eigenvalue weighted by Gasteiger charge is 2.01. The van der Waals surface area contributed by atoms with Crippen LogP contribution in [0.1, 0.15) is 25.0 Å². The Balaban J connectivity index is 2.16. The maximum Gasteiger partial charge on any atom is 0.139 e. The van der Waals surface area contributed by atoms with E-state index in [1.807, 2.05) is 24.4 Å². The number of nitrogens with zero attached hydrogens (tertiary/aromatic N) is 3. The molecule has 0 unspecified atom stereocenters. The minimum atomic E-state index is 0.303. The number of hydrogen-bond donors (Lipinski definition) is 2. The fourth-order valence-electron chi connectivity index (χ4n) is 1.59. The fraction of sp³-hybridized carbons (Fsp3) is 0.500. The van der Waals surface area contributed by atoms with Gasteiger partial charge >= 0.3 is 0 Å². The molecule has 0 saturated heterocycles. The van der Waals surface area contributed by atoms with Gasteiger partial charge in [0.25, 0.3) is 0 Å². The highest BCUT2D eigenvalue weighted by atomic mass is 16.4. The Morgan fingerprint density at radius 2 is 2.29 bits per heavy atom. The third kappa shape index (κ3) is 5.87. The van der Waals surface area contributed by atoms with Gasteiger partial charge in [-0.05, 0) is 38.6 Å². The number of aromatic nitrogens is 1. The Bertz CT molecular complexity index is 340. The summed E-state index contributed by atoms with van der Waals surface area (Å²) in [5.74, 6) is 0.303. The lowest BCUT2D eigenvalue weighted by atomic mass is 10.2. The van der Waals surface area contributed by atoms with E-state index in [9.17, 15) is 0 Å². The van der Waals surface area contributed by atoms with E-state index in [-0.39, 0.29) is 0 Å². The van der Waals surface area contributed by atoms with Gasteiger partial charge in [0.05, 0.1) is 5.69 Å². The first-order valence-electron chi connectivity index (χ1n) is 5.77. The van der Waals surface area contributed by atoms with Gasteiger partial charge in [-0.3, -0.25) is 4.98 Å². The van der Waals surface area contributed by atoms with E-state index < -0.39 is 0 Å². The van der Waals surface area contributed by atoms with Crippen LogP contribution in [0, 0.1) is 0 Å². The first-order valence-corrected chi connectivity index (χ1v) is 5.77. The monoisotopic (exact) mass is 236 g/mol. The zero-order valence-corrected chi connectivity index (χ0v) is 10.2. The summed E-state index contributed by atoms with van der Waals surface area (Å²) in [5.41, 5.74) is 6.47. The smallest absolute Gasteiger partial charge is 0.139 e. The van der Waals surface area contributed by atoms with Crippen LogP contribution in [0.15, 0.2) is 29.6 Å². The van der Waals surface area contributed by atoms with E-state index in [1.165, 1.54) is 0 Å². The molecule has 0 aliphatic heterocycles. The second kappa shape index (κ2) is 7.62. The molecule has 1 aromatic rings. The predicted octanol–water partition coefficient (Wildman–Crippen LogP) is 1.43. The molecule has 1 rings (SSSR count). The zero-order chi connectivity index (χ0) is 12.5. The van der Waals surface area contributed by atoms with Crippen molar-refractivity contribution >= 4 is 5.84 Å². The topological polar surface area (TPSA) is 74.7 Å². The summed E-state index contributed by atoms with van der Waals surface area (Å²) in [6, 6.07) is 5.93. The molecule has 0 radical (unpaired) electrons. The van der Waals surface area contributed by atoms with E-state index >= 15 is 0 Å². The van der Waals surface area contributed by atoms with Crippen molar-refractivity contribution in [1.82, 2.24) is 9.88 Å². The number of oxime groups is 1. The van der Waals surface area contributed by atoms with Crippen LogP contribution in [0.25, 0.3) is 0 Å². The lowest BCUT2D eigenvalue weighted by Crippen LogP contribution is -2.20. The largest absolute Gasteiger partial charge is 0.409 e. The quantitative estimate of drug-likeness (QED) is 0.247. The van der Waals surface area contributed by atoms with E-state index in [0.29, 0.717) is 12.3 Å². The molecule has 0 amide bonds. The molecule has 0 saturated carbocycles. The summed E-state index contributed by atoms with van der Waals surface area (Å²) < 4.78 is 0. The Labute approximate surface area is 102 Å². The van der Waals surface area contributed by atoms with Crippen LogP contribution in [0.5, 0.6) is 0 Å². The van der Waals surface area contributed by atoms with Crippen LogP contribution >= 0.6 is 0 Å². The number of amidine groups is 1. The molecule has 1 aromatic heterocycles. The van der Waals surface area contributed by atoms with Crippen molar-refractivity contribution in [2.45, 2.75) is 25.8 Å². The molecular weight excluding hydrogens is 216 g/mol. The van der Waals surface area contributed by atoms with Crippen molar-refractivity contribution < 1.29 is 5.21 Å². The van der Waals surface area contributed by atoms with Gasteiger partial charge in [0.2, 0.25) is 0 Å². The number of unbranched alkanes of at least 4 members (excludes halogenated alkanes) is 1. The molecule has 0 bridgehead atoms. The predicted molar refractivity (Wildman–Crippen MR) is 67.8 cm³/mol. The lowest BCUT2D eigenvalue weighted by molar-refractivity contribution is 0.311. The molecule has 17 heavy (non-hydrogen) atoms. The van der Waals surface area contributed by atoms with Gasteiger partial charge < -0.3 is 15.8 Å². The standard InChI is InChI=1S/C12H20N4O/c1-16(9-5-3-7-12(13)15-17)10-11-6-2-4-8-14-11/h2,4,6,8,17H,3,5,7,9-10H2,1H3,(H2,13,15). The number of nitrogens with two attached hydrogens (primary N) is 1. The van der Waals surface area contributed by atoms with Crippen LogP contribution in [0.4, 0.5) is 0 Å². The highest BCUT2D eigenvalue weighted by Crippen LogP contribution is 2.02. The SMILES string of the molecule is CN(CCCCC(N)=NO)Cc1ccccn1. The number of pyridine rings is 1. The first kappa shape index (κ1) is 13.4. The fourth-order valence-corrected chi connectivity index (χ4v) is 1.59. The zero-order valence-electron chi connectivity index (χ0n) is 10.2. The van der Waals surface area contributed by atoms with E-state index in [1.54, 1.807) is 0 Å². The number of hydrogen-bond acceptors (Lipinski definition) is 4. The molecule has 94 valence electrons. The van der Waals surface area contributed by atoms with Gasteiger partial charge in [-0.1, -0.05) is 11.2 Å². The van der Waals surface area contributed by atoms with Crippen LogP contribution in [0.3, 0.4) is 0 Å². The van der Waals surface area contributed by atoms with Gasteiger partial charge in [0, 0.05) is 19.2 Å². The van der Waals surface area contributed by atoms with Gasteiger partial charge in [-0.25, -0.2) is 0 Å². The van der Waals surface area contributed by atoms with Crippen molar-refractivity contribution in [3.8, 4) is 0 Å². The second-order valence-corrected chi connectivity index (χ2v) is 4.11. The minimum absolute atomic E-state index is 0.303. The van der Waals surface area contributed by atoms with Gasteiger partial charge in [-0.15, -0.1) is 0 Å². The summed E-state index contributed by atoms with van der Waals surface area (Å²) in [7, 11) is 2.07. The number of rotatable bonds is 7. The van der Waals surface area contributed by atoms with Crippen molar-refractivity contribution in [1.29, 1.82) is 0 Å². The Morgan fingerprint density at radius 1 is 1.47 bits per heavy atom. The minimum Gasteiger partial charge on any atom is -0.409 e. The maximum atomic E-state index is 8.38. The first-order chi connectivity index (χ1) is 8.22. The van der Waals surface area contributed by atoms with Gasteiger partial charge in [0.1, 0.15) is 5.84 Å². The van der Waals surface area contributed by atoms with Crippen molar-refractivity contribution in [2.24, 2.45) is 10.9 Å². The summed E-state index contributed by atoms with van der Waals surface area (Å²) in [6.45, 7) is 1.83. The normalized spacial score (nSPS) is 12.0. The summed E-state index contributed by atoms with van der Waals surface area (Å²) in [4.78, 5) is 6.49. The van der Waals surface area contributed by atoms with Crippen LogP contribution in [-0.2, 0) is 6.54 Å². The van der Waals surface area contributed by atoms with Gasteiger partial charge in [0.15, 0.2) is 0 Å². The molecule has 5 nitrogen and oxygen atoms in total. The molecule has 3 N–H and O–H groups in total. The molecule has 0 spiro atoms. The third-order valence-electron chi connectivity index (χ3n) is 2.51. The summed E-state index contributed by atoms with van der Waals surface area (Å²) in [5, 5.41) is 11.3. The van der Waals surface area contributed by atoms with Crippen LogP contribution in [0.2, 0.25) is 0 Å². The molecule has 0 fully saturated rings. The molecule has 0 aromatic carbocycles. The Kier molecular flexibility index (Phi) is 6.03. The molecular formula is C12H20N4O. The van der Waals surface area contributed by atoms with Gasteiger partial charge in [-0.2, -0.15) is 0 Å². The van der Waals surface area contributed by atoms with Crippen LogP contribution < -0.4 is 5.73 Å². The molecule has 0 aliphatic carbocycles. The lowest BCUT2D eigenvalue weighted by Gasteiger charge is -2.15. The maximum absolute atomic E-state index is 8.38. The van der Waals surface area contributed by atoms with Crippen molar-refractivity contribution in [3.63, 3.8) is 0 Å². The Morgan fingerprint density at radius 3 is 2.94 bits per heavy atom. The van der Waals surface area contributed by atoms with E-state index in [4.69, 9.17) is 10.9 Å². The summed E-state index contributed by atoms with van der Waals surface area (Å²) in [6.07, 6.45) is 4.41. The average molecular weight is 236 g/mol. The molecule has 0 atom stereocenters. The van der Waals surface area contributed by atoms with E-state index in [2.05, 4.69) is 22.1 Å². The highest BCUT2D eigenvalue weighted by molar-refractivity contribution is 5.79. The second-order valence-electron chi connectivity index (χ2n) is 4.11. The van der Waals surface area contributed by atoms with Crippen LogP contribution in [-0.4, -0.2) is 34.5 Å². The molecule has 5 heteroatoms. The third-order valence-corrected chi connectivity index (χ3v) is 2.51. The average Bonchev–Trinajstić information content (AvgIpc) is 2.35. The van der Waals surface area contributed by atoms with E-state index in [0.717, 1.165) is 31.6 Å².